The number of rotatable bonds is 5. The Morgan fingerprint density at radius 2 is 1.64 bits per heavy atom. The maximum absolute atomic E-state index is 13.9. The Labute approximate surface area is 144 Å². The van der Waals surface area contributed by atoms with E-state index < -0.39 is 23.1 Å². The Kier molecular flexibility index (Phi) is 5.36. The summed E-state index contributed by atoms with van der Waals surface area (Å²) in [5.41, 5.74) is -1.08. The van der Waals surface area contributed by atoms with Crippen LogP contribution in [0.4, 0.5) is 20.2 Å². The van der Waals surface area contributed by atoms with Crippen LogP contribution in [-0.4, -0.2) is 17.4 Å². The van der Waals surface area contributed by atoms with Gasteiger partial charge in [-0.1, -0.05) is 0 Å². The largest absolute Gasteiger partial charge is 0.478 e. The maximum atomic E-state index is 13.9. The van der Waals surface area contributed by atoms with Gasteiger partial charge in [0.25, 0.3) is 5.91 Å². The molecule has 2 N–H and O–H groups in total. The lowest BCUT2D eigenvalue weighted by atomic mass is 10.1. The second-order valence-corrected chi connectivity index (χ2v) is 5.90. The monoisotopic (exact) mass is 348 g/mol. The molecule has 132 valence electrons. The summed E-state index contributed by atoms with van der Waals surface area (Å²) in [5.74, 6) is -1.69. The van der Waals surface area contributed by atoms with E-state index in [1.54, 1.807) is 0 Å². The number of amides is 2. The summed E-state index contributed by atoms with van der Waals surface area (Å²) in [6, 6.07) is 9.02. The fourth-order valence-electron chi connectivity index (χ4n) is 2.02. The molecule has 0 aromatic heterocycles. The van der Waals surface area contributed by atoms with Gasteiger partial charge in [0.05, 0.1) is 5.69 Å². The van der Waals surface area contributed by atoms with Crippen molar-refractivity contribution >= 4 is 23.2 Å². The Bertz CT molecular complexity index is 789. The number of hydrogen-bond acceptors (Lipinski definition) is 3. The molecule has 0 spiro atoms. The molecule has 0 unspecified atom stereocenters. The molecular weight excluding hydrogens is 330 g/mol. The molecule has 0 aliphatic carbocycles. The first-order valence-corrected chi connectivity index (χ1v) is 7.50. The minimum Gasteiger partial charge on any atom is -0.478 e. The summed E-state index contributed by atoms with van der Waals surface area (Å²) in [7, 11) is 0. The van der Waals surface area contributed by atoms with Gasteiger partial charge in [-0.15, -0.1) is 0 Å². The molecule has 0 saturated heterocycles. The lowest BCUT2D eigenvalue weighted by Gasteiger charge is -2.25. The van der Waals surface area contributed by atoms with Crippen molar-refractivity contribution in [3.05, 3.63) is 54.1 Å². The Morgan fingerprint density at radius 3 is 2.24 bits per heavy atom. The molecule has 5 nitrogen and oxygen atoms in total. The van der Waals surface area contributed by atoms with Crippen molar-refractivity contribution in [2.24, 2.45) is 0 Å². The molecule has 2 rings (SSSR count). The molecule has 0 atom stereocenters. The summed E-state index contributed by atoms with van der Waals surface area (Å²) in [6.45, 7) is 4.32. The minimum atomic E-state index is -1.34. The topological polar surface area (TPSA) is 67.4 Å². The van der Waals surface area contributed by atoms with Gasteiger partial charge in [0.15, 0.2) is 5.60 Å². The van der Waals surface area contributed by atoms with Gasteiger partial charge in [-0.3, -0.25) is 9.59 Å². The standard InChI is InChI=1S/C18H18F2N2O3/c1-11(23)21-13-6-9-15(20)16(10-13)22-17(24)18(2,3)25-14-7-4-12(19)5-8-14/h4-10H,1-3H3,(H,21,23)(H,22,24). The summed E-state index contributed by atoms with van der Waals surface area (Å²) in [4.78, 5) is 23.5. The summed E-state index contributed by atoms with van der Waals surface area (Å²) < 4.78 is 32.4. The lowest BCUT2D eigenvalue weighted by molar-refractivity contribution is -0.128. The number of carbonyl (C=O) groups is 2. The Morgan fingerprint density at radius 1 is 1.00 bits per heavy atom. The summed E-state index contributed by atoms with van der Waals surface area (Å²) in [5, 5.41) is 4.94. The summed E-state index contributed by atoms with van der Waals surface area (Å²) >= 11 is 0. The van der Waals surface area contributed by atoms with Crippen LogP contribution >= 0.6 is 0 Å². The molecule has 0 saturated carbocycles. The van der Waals surface area contributed by atoms with Gasteiger partial charge in [0, 0.05) is 12.6 Å². The molecule has 0 fully saturated rings. The minimum absolute atomic E-state index is 0.0907. The van der Waals surface area contributed by atoms with E-state index in [0.717, 1.165) is 6.07 Å². The van der Waals surface area contributed by atoms with Crippen molar-refractivity contribution in [1.29, 1.82) is 0 Å². The van der Waals surface area contributed by atoms with E-state index >= 15 is 0 Å². The summed E-state index contributed by atoms with van der Waals surface area (Å²) in [6.07, 6.45) is 0. The molecule has 0 bridgehead atoms. The molecular formula is C18H18F2N2O3. The Balaban J connectivity index is 2.14. The molecule has 25 heavy (non-hydrogen) atoms. The molecule has 2 aromatic rings. The van der Waals surface area contributed by atoms with Crippen molar-refractivity contribution in [2.75, 3.05) is 10.6 Å². The van der Waals surface area contributed by atoms with Crippen molar-refractivity contribution in [3.8, 4) is 5.75 Å². The zero-order valence-corrected chi connectivity index (χ0v) is 14.0. The van der Waals surface area contributed by atoms with Crippen LogP contribution in [0.15, 0.2) is 42.5 Å². The van der Waals surface area contributed by atoms with E-state index in [1.165, 1.54) is 57.2 Å². The average molecular weight is 348 g/mol. The first-order chi connectivity index (χ1) is 11.7. The molecule has 2 aromatic carbocycles. The van der Waals surface area contributed by atoms with Crippen LogP contribution in [0.3, 0.4) is 0 Å². The molecule has 0 heterocycles. The number of hydrogen-bond donors (Lipinski definition) is 2. The van der Waals surface area contributed by atoms with Gasteiger partial charge >= 0.3 is 0 Å². The zero-order chi connectivity index (χ0) is 18.6. The second-order valence-electron chi connectivity index (χ2n) is 5.90. The fraction of sp³-hybridized carbons (Fsp3) is 0.222. The quantitative estimate of drug-likeness (QED) is 0.865. The number of anilines is 2. The van der Waals surface area contributed by atoms with Crippen LogP contribution in [0.25, 0.3) is 0 Å². The highest BCUT2D eigenvalue weighted by Gasteiger charge is 2.30. The highest BCUT2D eigenvalue weighted by molar-refractivity contribution is 5.98. The predicted octanol–water partition coefficient (Wildman–Crippen LogP) is 3.72. The number of carbonyl (C=O) groups excluding carboxylic acids is 2. The van der Waals surface area contributed by atoms with Crippen molar-refractivity contribution in [3.63, 3.8) is 0 Å². The SMILES string of the molecule is CC(=O)Nc1ccc(F)c(NC(=O)C(C)(C)Oc2ccc(F)cc2)c1. The molecule has 7 heteroatoms. The fourth-order valence-corrected chi connectivity index (χ4v) is 2.02. The van der Waals surface area contributed by atoms with Gasteiger partial charge in [0.2, 0.25) is 5.91 Å². The molecule has 0 aliphatic rings. The van der Waals surface area contributed by atoms with E-state index in [0.29, 0.717) is 11.4 Å². The van der Waals surface area contributed by atoms with Gasteiger partial charge in [-0.25, -0.2) is 8.78 Å². The lowest BCUT2D eigenvalue weighted by Crippen LogP contribution is -2.42. The van der Waals surface area contributed by atoms with Crippen molar-refractivity contribution in [2.45, 2.75) is 26.4 Å². The van der Waals surface area contributed by atoms with E-state index in [2.05, 4.69) is 10.6 Å². The molecule has 2 amide bonds. The zero-order valence-electron chi connectivity index (χ0n) is 14.0. The third-order valence-electron chi connectivity index (χ3n) is 3.27. The number of ether oxygens (including phenoxy) is 1. The normalized spacial score (nSPS) is 10.9. The van der Waals surface area contributed by atoms with Crippen LogP contribution < -0.4 is 15.4 Å². The second kappa shape index (κ2) is 7.29. The number of nitrogens with one attached hydrogen (secondary N) is 2. The van der Waals surface area contributed by atoms with Gasteiger partial charge in [-0.2, -0.15) is 0 Å². The highest BCUT2D eigenvalue weighted by Crippen LogP contribution is 2.23. The van der Waals surface area contributed by atoms with Gasteiger partial charge in [-0.05, 0) is 56.3 Å². The van der Waals surface area contributed by atoms with Crippen LogP contribution in [0, 0.1) is 11.6 Å². The van der Waals surface area contributed by atoms with E-state index in [1.807, 2.05) is 0 Å². The van der Waals surface area contributed by atoms with E-state index in [4.69, 9.17) is 4.74 Å². The molecule has 0 radical (unpaired) electrons. The average Bonchev–Trinajstić information content (AvgIpc) is 2.52. The van der Waals surface area contributed by atoms with Crippen LogP contribution in [0.5, 0.6) is 5.75 Å². The predicted molar refractivity (Wildman–Crippen MR) is 90.4 cm³/mol. The van der Waals surface area contributed by atoms with E-state index in [-0.39, 0.29) is 11.6 Å². The Hall–Kier alpha value is -2.96. The van der Waals surface area contributed by atoms with Crippen LogP contribution in [0.1, 0.15) is 20.8 Å². The third kappa shape index (κ3) is 5.00. The third-order valence-corrected chi connectivity index (χ3v) is 3.27. The van der Waals surface area contributed by atoms with Crippen molar-refractivity contribution < 1.29 is 23.1 Å². The van der Waals surface area contributed by atoms with E-state index in [9.17, 15) is 18.4 Å². The smallest absolute Gasteiger partial charge is 0.268 e. The van der Waals surface area contributed by atoms with Gasteiger partial charge in [0.1, 0.15) is 17.4 Å². The van der Waals surface area contributed by atoms with Crippen LogP contribution in [-0.2, 0) is 9.59 Å². The number of benzene rings is 2. The number of halogens is 2. The van der Waals surface area contributed by atoms with Crippen LogP contribution in [0.2, 0.25) is 0 Å². The van der Waals surface area contributed by atoms with Crippen molar-refractivity contribution in [1.82, 2.24) is 0 Å². The first kappa shape index (κ1) is 18.4. The highest BCUT2D eigenvalue weighted by atomic mass is 19.1. The van der Waals surface area contributed by atoms with Gasteiger partial charge < -0.3 is 15.4 Å². The first-order valence-electron chi connectivity index (χ1n) is 7.50. The maximum Gasteiger partial charge on any atom is 0.268 e. The molecule has 0 aliphatic heterocycles.